The molecule has 0 aliphatic heterocycles. The Balaban J connectivity index is 2.92. The predicted octanol–water partition coefficient (Wildman–Crippen LogP) is 3.23. The number of Topliss-reactive ketones (excluding diaryl/α,β-unsaturated/α-hetero) is 1. The summed E-state index contributed by atoms with van der Waals surface area (Å²) >= 11 is 0. The number of carbonyl (C=O) groups excluding carboxylic acids is 1. The van der Waals surface area contributed by atoms with Crippen molar-refractivity contribution < 1.29 is 9.53 Å². The first kappa shape index (κ1) is 11.9. The average Bonchev–Trinajstić information content (AvgIpc) is 2.19. The number of hydrogen-bond donors (Lipinski definition) is 0. The average molecular weight is 206 g/mol. The largest absolute Gasteiger partial charge is 0.376 e. The van der Waals surface area contributed by atoms with E-state index in [0.29, 0.717) is 5.92 Å². The quantitative estimate of drug-likeness (QED) is 0.707. The lowest BCUT2D eigenvalue weighted by Gasteiger charge is -2.19. The number of ether oxygens (including phenoxy) is 1. The molecular weight excluding hydrogens is 188 g/mol. The maximum absolute atomic E-state index is 11.1. The van der Waals surface area contributed by atoms with Crippen LogP contribution in [0.3, 0.4) is 0 Å². The fraction of sp³-hybridized carbons (Fsp3) is 0.462. The molecule has 0 amide bonds. The van der Waals surface area contributed by atoms with Gasteiger partial charge in [0, 0.05) is 12.7 Å². The summed E-state index contributed by atoms with van der Waals surface area (Å²) in [6.07, 6.45) is 0.103. The van der Waals surface area contributed by atoms with Crippen molar-refractivity contribution in [2.24, 2.45) is 5.92 Å². The van der Waals surface area contributed by atoms with Crippen molar-refractivity contribution >= 4 is 5.78 Å². The monoisotopic (exact) mass is 206 g/mol. The lowest BCUT2D eigenvalue weighted by molar-refractivity contribution is 0.0646. The van der Waals surface area contributed by atoms with Gasteiger partial charge in [-0.25, -0.2) is 0 Å². The molecule has 0 aromatic heterocycles. The molecule has 0 aliphatic rings. The zero-order chi connectivity index (χ0) is 11.4. The topological polar surface area (TPSA) is 26.3 Å². The number of carbonyl (C=O) groups is 1. The highest BCUT2D eigenvalue weighted by Crippen LogP contribution is 2.25. The molecule has 0 N–H and O–H groups in total. The molecule has 1 aromatic carbocycles. The Kier molecular flexibility index (Phi) is 4.04. The molecule has 0 aliphatic carbocycles. The van der Waals surface area contributed by atoms with Crippen molar-refractivity contribution in [3.05, 3.63) is 35.4 Å². The standard InChI is InChI=1S/C13H18O2/c1-9(2)13(15-4)12-7-5-11(6-8-12)10(3)14/h5-9,13H,1-4H3/t13-/m1/s1. The van der Waals surface area contributed by atoms with Crippen LogP contribution >= 0.6 is 0 Å². The normalized spacial score (nSPS) is 12.9. The number of methoxy groups -OCH3 is 1. The fourth-order valence-electron chi connectivity index (χ4n) is 1.70. The molecule has 2 nitrogen and oxygen atoms in total. The summed E-state index contributed by atoms with van der Waals surface area (Å²) in [5, 5.41) is 0. The molecule has 82 valence electrons. The molecule has 0 saturated heterocycles. The Hall–Kier alpha value is -1.15. The van der Waals surface area contributed by atoms with Gasteiger partial charge in [0.05, 0.1) is 6.10 Å². The van der Waals surface area contributed by atoms with E-state index >= 15 is 0 Å². The number of benzene rings is 1. The van der Waals surface area contributed by atoms with Crippen LogP contribution in [0.4, 0.5) is 0 Å². The minimum Gasteiger partial charge on any atom is -0.376 e. The van der Waals surface area contributed by atoms with Gasteiger partial charge in [-0.15, -0.1) is 0 Å². The molecule has 0 unspecified atom stereocenters. The summed E-state index contributed by atoms with van der Waals surface area (Å²) in [6, 6.07) is 7.63. The van der Waals surface area contributed by atoms with Gasteiger partial charge in [0.2, 0.25) is 0 Å². The van der Waals surface area contributed by atoms with Gasteiger partial charge >= 0.3 is 0 Å². The minimum absolute atomic E-state index is 0.0973. The summed E-state index contributed by atoms with van der Waals surface area (Å²) in [5.74, 6) is 0.526. The van der Waals surface area contributed by atoms with Crippen LogP contribution in [0.2, 0.25) is 0 Å². The lowest BCUT2D eigenvalue weighted by Crippen LogP contribution is -2.09. The van der Waals surface area contributed by atoms with E-state index in [1.54, 1.807) is 14.0 Å². The first-order valence-corrected chi connectivity index (χ1v) is 5.20. The van der Waals surface area contributed by atoms with E-state index in [1.807, 2.05) is 24.3 Å². The highest BCUT2D eigenvalue weighted by atomic mass is 16.5. The van der Waals surface area contributed by atoms with E-state index < -0.39 is 0 Å². The second-order valence-corrected chi connectivity index (χ2v) is 4.08. The van der Waals surface area contributed by atoms with E-state index in [4.69, 9.17) is 4.74 Å². The van der Waals surface area contributed by atoms with Gasteiger partial charge in [-0.05, 0) is 18.4 Å². The summed E-state index contributed by atoms with van der Waals surface area (Å²) < 4.78 is 5.41. The van der Waals surface area contributed by atoms with Crippen LogP contribution in [0.5, 0.6) is 0 Å². The highest BCUT2D eigenvalue weighted by Gasteiger charge is 2.14. The molecule has 2 heteroatoms. The van der Waals surface area contributed by atoms with Gasteiger partial charge in [-0.1, -0.05) is 38.1 Å². The van der Waals surface area contributed by atoms with E-state index in [0.717, 1.165) is 11.1 Å². The summed E-state index contributed by atoms with van der Waals surface area (Å²) in [4.78, 5) is 11.1. The van der Waals surface area contributed by atoms with E-state index in [9.17, 15) is 4.79 Å². The molecule has 0 radical (unpaired) electrons. The summed E-state index contributed by atoms with van der Waals surface area (Å²) in [6.45, 7) is 5.81. The summed E-state index contributed by atoms with van der Waals surface area (Å²) in [5.41, 5.74) is 1.87. The van der Waals surface area contributed by atoms with Crippen LogP contribution in [0, 0.1) is 5.92 Å². The Morgan fingerprint density at radius 2 is 1.73 bits per heavy atom. The van der Waals surface area contributed by atoms with Gasteiger partial charge < -0.3 is 4.74 Å². The number of rotatable bonds is 4. The van der Waals surface area contributed by atoms with Crippen LogP contribution < -0.4 is 0 Å². The molecule has 15 heavy (non-hydrogen) atoms. The van der Waals surface area contributed by atoms with Crippen LogP contribution in [0.15, 0.2) is 24.3 Å². The molecule has 1 atom stereocenters. The molecule has 0 saturated carbocycles. The maximum atomic E-state index is 11.1. The molecule has 1 rings (SSSR count). The van der Waals surface area contributed by atoms with Gasteiger partial charge in [0.15, 0.2) is 5.78 Å². The molecule has 0 spiro atoms. The van der Waals surface area contributed by atoms with Crippen LogP contribution in [-0.4, -0.2) is 12.9 Å². The van der Waals surface area contributed by atoms with Crippen LogP contribution in [0.1, 0.15) is 42.8 Å². The number of ketones is 1. The maximum Gasteiger partial charge on any atom is 0.159 e. The minimum atomic E-state index is 0.0973. The van der Waals surface area contributed by atoms with Crippen molar-refractivity contribution in [1.29, 1.82) is 0 Å². The first-order valence-electron chi connectivity index (χ1n) is 5.20. The Morgan fingerprint density at radius 1 is 1.20 bits per heavy atom. The van der Waals surface area contributed by atoms with E-state index in [1.165, 1.54) is 0 Å². The highest BCUT2D eigenvalue weighted by molar-refractivity contribution is 5.94. The molecule has 0 heterocycles. The zero-order valence-corrected chi connectivity index (χ0v) is 9.78. The van der Waals surface area contributed by atoms with Crippen LogP contribution in [0.25, 0.3) is 0 Å². The van der Waals surface area contributed by atoms with Gasteiger partial charge in [-0.2, -0.15) is 0 Å². The second kappa shape index (κ2) is 5.08. The third kappa shape index (κ3) is 2.90. The zero-order valence-electron chi connectivity index (χ0n) is 9.78. The van der Waals surface area contributed by atoms with Crippen molar-refractivity contribution in [1.82, 2.24) is 0 Å². The molecule has 0 fully saturated rings. The predicted molar refractivity (Wildman–Crippen MR) is 61.0 cm³/mol. The van der Waals surface area contributed by atoms with Crippen molar-refractivity contribution in [2.45, 2.75) is 26.9 Å². The van der Waals surface area contributed by atoms with Crippen molar-refractivity contribution in [3.63, 3.8) is 0 Å². The second-order valence-electron chi connectivity index (χ2n) is 4.08. The SMILES string of the molecule is CO[C@@H](c1ccc(C(C)=O)cc1)C(C)C. The van der Waals surface area contributed by atoms with Crippen LogP contribution in [-0.2, 0) is 4.74 Å². The lowest BCUT2D eigenvalue weighted by atomic mass is 9.97. The van der Waals surface area contributed by atoms with Crippen molar-refractivity contribution in [2.75, 3.05) is 7.11 Å². The van der Waals surface area contributed by atoms with Gasteiger partial charge in [0.1, 0.15) is 0 Å². The Labute approximate surface area is 91.3 Å². The third-order valence-corrected chi connectivity index (χ3v) is 2.51. The molecule has 0 bridgehead atoms. The first-order chi connectivity index (χ1) is 7.06. The Morgan fingerprint density at radius 3 is 2.07 bits per heavy atom. The van der Waals surface area contributed by atoms with Gasteiger partial charge in [0.25, 0.3) is 0 Å². The molecular formula is C13H18O2. The van der Waals surface area contributed by atoms with E-state index in [-0.39, 0.29) is 11.9 Å². The number of hydrogen-bond acceptors (Lipinski definition) is 2. The Bertz CT molecular complexity index is 325. The van der Waals surface area contributed by atoms with Crippen molar-refractivity contribution in [3.8, 4) is 0 Å². The fourth-order valence-corrected chi connectivity index (χ4v) is 1.70. The third-order valence-electron chi connectivity index (χ3n) is 2.51. The smallest absolute Gasteiger partial charge is 0.159 e. The summed E-state index contributed by atoms with van der Waals surface area (Å²) in [7, 11) is 1.71. The molecule has 1 aromatic rings. The van der Waals surface area contributed by atoms with Gasteiger partial charge in [-0.3, -0.25) is 4.79 Å². The van der Waals surface area contributed by atoms with E-state index in [2.05, 4.69) is 13.8 Å².